The van der Waals surface area contributed by atoms with Crippen molar-refractivity contribution in [2.75, 3.05) is 0 Å². The molecule has 30 heavy (non-hydrogen) atoms. The van der Waals surface area contributed by atoms with E-state index in [1.165, 1.54) is 5.57 Å². The molecule has 1 aliphatic heterocycles. The van der Waals surface area contributed by atoms with Gasteiger partial charge in [-0.15, -0.1) is 0 Å². The van der Waals surface area contributed by atoms with Crippen LogP contribution in [0.1, 0.15) is 59.3 Å². The minimum atomic E-state index is -0.624. The summed E-state index contributed by atoms with van der Waals surface area (Å²) in [6, 6.07) is 2.05. The van der Waals surface area contributed by atoms with E-state index < -0.39 is 12.0 Å². The van der Waals surface area contributed by atoms with Crippen molar-refractivity contribution in [2.24, 2.45) is 29.6 Å². The summed E-state index contributed by atoms with van der Waals surface area (Å²) >= 11 is 0. The van der Waals surface area contributed by atoms with E-state index in [1.807, 2.05) is 6.07 Å². The summed E-state index contributed by atoms with van der Waals surface area (Å²) in [7, 11) is 0. The SMILES string of the molecule is C[C@H]1C=C2C=C[C@H](C)[C@H](CC[C@H]3C[C@@H](O)CC(=O)O3)[C@H]2[C@@H](OC(=O)[C@@H](C)CC#N)C1. The third kappa shape index (κ3) is 5.31. The third-order valence-corrected chi connectivity index (χ3v) is 6.72. The van der Waals surface area contributed by atoms with Crippen molar-refractivity contribution in [1.29, 1.82) is 5.26 Å². The van der Waals surface area contributed by atoms with Crippen molar-refractivity contribution in [3.8, 4) is 6.07 Å². The van der Waals surface area contributed by atoms with Gasteiger partial charge in [-0.25, -0.2) is 0 Å². The van der Waals surface area contributed by atoms with Gasteiger partial charge in [0.25, 0.3) is 0 Å². The molecular weight excluding hydrogens is 382 g/mol. The molecule has 0 aromatic heterocycles. The number of cyclic esters (lactones) is 1. The van der Waals surface area contributed by atoms with Crippen LogP contribution in [0.25, 0.3) is 0 Å². The number of hydrogen-bond donors (Lipinski definition) is 1. The maximum atomic E-state index is 12.6. The van der Waals surface area contributed by atoms with Gasteiger partial charge in [0.1, 0.15) is 12.2 Å². The average molecular weight is 416 g/mol. The molecule has 8 atom stereocenters. The molecule has 1 saturated heterocycles. The molecule has 0 radical (unpaired) electrons. The quantitative estimate of drug-likeness (QED) is 0.665. The lowest BCUT2D eigenvalue weighted by Crippen LogP contribution is -2.42. The van der Waals surface area contributed by atoms with E-state index in [0.29, 0.717) is 24.7 Å². The summed E-state index contributed by atoms with van der Waals surface area (Å²) in [6.07, 6.45) is 8.55. The second-order valence-corrected chi connectivity index (χ2v) is 9.31. The van der Waals surface area contributed by atoms with Crippen molar-refractivity contribution in [2.45, 2.75) is 77.6 Å². The number of ether oxygens (including phenoxy) is 2. The molecular formula is C24H33NO5. The van der Waals surface area contributed by atoms with Gasteiger partial charge in [-0.2, -0.15) is 5.26 Å². The molecule has 1 fully saturated rings. The number of carbonyl (C=O) groups is 2. The molecule has 0 aromatic carbocycles. The number of aliphatic hydroxyl groups excluding tert-OH is 1. The molecule has 2 aliphatic carbocycles. The van der Waals surface area contributed by atoms with Crippen molar-refractivity contribution in [1.82, 2.24) is 0 Å². The van der Waals surface area contributed by atoms with Crippen molar-refractivity contribution in [3.63, 3.8) is 0 Å². The zero-order valence-corrected chi connectivity index (χ0v) is 18.1. The summed E-state index contributed by atoms with van der Waals surface area (Å²) in [5, 5.41) is 18.8. The molecule has 0 bridgehead atoms. The van der Waals surface area contributed by atoms with Gasteiger partial charge in [-0.3, -0.25) is 9.59 Å². The number of fused-ring (bicyclic) bond motifs is 1. The van der Waals surface area contributed by atoms with Crippen LogP contribution in [0.15, 0.2) is 23.8 Å². The predicted octanol–water partition coefficient (Wildman–Crippen LogP) is 3.70. The van der Waals surface area contributed by atoms with Crippen LogP contribution in [0.2, 0.25) is 0 Å². The summed E-state index contributed by atoms with van der Waals surface area (Å²) in [6.45, 7) is 6.04. The number of hydrogen-bond acceptors (Lipinski definition) is 6. The Kier molecular flexibility index (Phi) is 7.36. The van der Waals surface area contributed by atoms with Gasteiger partial charge in [0.05, 0.1) is 24.5 Å². The van der Waals surface area contributed by atoms with E-state index in [2.05, 4.69) is 32.1 Å². The average Bonchev–Trinajstić information content (AvgIpc) is 2.66. The standard InChI is InChI=1S/C24H33NO5/c1-14-10-17-5-4-15(2)20(7-6-19-12-18(26)13-22(27)29-19)23(17)21(11-14)30-24(28)16(3)8-9-25/h4-5,10,14-16,18-21,23,26H,6-8,11-13H2,1-3H3/t14-,15-,16-,18+,19-,20-,21-,23-/m0/s1. The monoisotopic (exact) mass is 415 g/mol. The van der Waals surface area contributed by atoms with E-state index in [1.54, 1.807) is 6.92 Å². The zero-order chi connectivity index (χ0) is 21.8. The highest BCUT2D eigenvalue weighted by Crippen LogP contribution is 2.45. The smallest absolute Gasteiger partial charge is 0.309 e. The molecule has 3 aliphatic rings. The molecule has 0 spiro atoms. The van der Waals surface area contributed by atoms with Crippen LogP contribution in [0.3, 0.4) is 0 Å². The van der Waals surface area contributed by atoms with E-state index in [4.69, 9.17) is 14.7 Å². The Labute approximate surface area is 178 Å². The van der Waals surface area contributed by atoms with Crippen molar-refractivity contribution >= 4 is 11.9 Å². The normalized spacial score (nSPS) is 36.7. The Morgan fingerprint density at radius 3 is 2.83 bits per heavy atom. The van der Waals surface area contributed by atoms with Crippen LogP contribution >= 0.6 is 0 Å². The van der Waals surface area contributed by atoms with Gasteiger partial charge in [-0.05, 0) is 42.6 Å². The van der Waals surface area contributed by atoms with Crippen LogP contribution in [0, 0.1) is 40.9 Å². The Bertz CT molecular complexity index is 751. The van der Waals surface area contributed by atoms with Gasteiger partial charge in [-0.1, -0.05) is 39.0 Å². The molecule has 3 rings (SSSR count). The minimum absolute atomic E-state index is 0.0748. The predicted molar refractivity (Wildman–Crippen MR) is 111 cm³/mol. The Morgan fingerprint density at radius 2 is 2.13 bits per heavy atom. The van der Waals surface area contributed by atoms with Crippen LogP contribution in [0.4, 0.5) is 0 Å². The molecule has 164 valence electrons. The Hall–Kier alpha value is -2.13. The number of rotatable bonds is 6. The van der Waals surface area contributed by atoms with E-state index in [0.717, 1.165) is 12.8 Å². The third-order valence-electron chi connectivity index (χ3n) is 6.72. The number of nitrogens with zero attached hydrogens (tertiary/aromatic N) is 1. The first-order chi connectivity index (χ1) is 14.3. The Balaban J connectivity index is 1.74. The lowest BCUT2D eigenvalue weighted by atomic mass is 9.65. The van der Waals surface area contributed by atoms with Crippen LogP contribution < -0.4 is 0 Å². The number of carbonyl (C=O) groups excluding carboxylic acids is 2. The van der Waals surface area contributed by atoms with E-state index in [9.17, 15) is 14.7 Å². The van der Waals surface area contributed by atoms with Gasteiger partial charge in [0.15, 0.2) is 0 Å². The number of esters is 2. The highest BCUT2D eigenvalue weighted by atomic mass is 16.5. The number of aliphatic hydroxyl groups is 1. The molecule has 0 aromatic rings. The summed E-state index contributed by atoms with van der Waals surface area (Å²) in [5.41, 5.74) is 1.21. The zero-order valence-electron chi connectivity index (χ0n) is 18.1. The summed E-state index contributed by atoms with van der Waals surface area (Å²) < 4.78 is 11.4. The molecule has 6 nitrogen and oxygen atoms in total. The fourth-order valence-corrected chi connectivity index (χ4v) is 5.12. The van der Waals surface area contributed by atoms with Crippen LogP contribution in [0.5, 0.6) is 0 Å². The highest BCUT2D eigenvalue weighted by Gasteiger charge is 2.42. The Morgan fingerprint density at radius 1 is 1.37 bits per heavy atom. The van der Waals surface area contributed by atoms with Crippen molar-refractivity contribution in [3.05, 3.63) is 23.8 Å². The molecule has 0 amide bonds. The summed E-state index contributed by atoms with van der Waals surface area (Å²) in [4.78, 5) is 24.2. The second kappa shape index (κ2) is 9.78. The topological polar surface area (TPSA) is 96.6 Å². The van der Waals surface area contributed by atoms with Gasteiger partial charge >= 0.3 is 11.9 Å². The first-order valence-corrected chi connectivity index (χ1v) is 11.1. The lowest BCUT2D eigenvalue weighted by Gasteiger charge is -2.43. The maximum absolute atomic E-state index is 12.6. The minimum Gasteiger partial charge on any atom is -0.462 e. The number of allylic oxidation sites excluding steroid dienone is 3. The molecule has 1 N–H and O–H groups in total. The molecule has 0 saturated carbocycles. The van der Waals surface area contributed by atoms with E-state index in [-0.39, 0.29) is 48.8 Å². The second-order valence-electron chi connectivity index (χ2n) is 9.31. The molecule has 0 unspecified atom stereocenters. The fourth-order valence-electron chi connectivity index (χ4n) is 5.12. The highest BCUT2D eigenvalue weighted by molar-refractivity contribution is 5.72. The van der Waals surface area contributed by atoms with Crippen molar-refractivity contribution < 1.29 is 24.2 Å². The van der Waals surface area contributed by atoms with E-state index >= 15 is 0 Å². The molecule has 6 heteroatoms. The largest absolute Gasteiger partial charge is 0.462 e. The van der Waals surface area contributed by atoms with Crippen LogP contribution in [-0.4, -0.2) is 35.4 Å². The van der Waals surface area contributed by atoms with Crippen LogP contribution in [-0.2, 0) is 19.1 Å². The van der Waals surface area contributed by atoms with Gasteiger partial charge in [0.2, 0.25) is 0 Å². The lowest BCUT2D eigenvalue weighted by molar-refractivity contribution is -0.162. The van der Waals surface area contributed by atoms with Gasteiger partial charge < -0.3 is 14.6 Å². The van der Waals surface area contributed by atoms with Gasteiger partial charge in [0, 0.05) is 18.8 Å². The fraction of sp³-hybridized carbons (Fsp3) is 0.708. The number of nitriles is 1. The summed E-state index contributed by atoms with van der Waals surface area (Å²) in [5.74, 6) is -0.0889. The first-order valence-electron chi connectivity index (χ1n) is 11.1. The maximum Gasteiger partial charge on any atom is 0.309 e. The molecule has 1 heterocycles. The first kappa shape index (κ1) is 22.6.